The summed E-state index contributed by atoms with van der Waals surface area (Å²) in [4.78, 5) is 13.3. The fourth-order valence-electron chi connectivity index (χ4n) is 1.69. The van der Waals surface area contributed by atoms with Gasteiger partial charge in [-0.25, -0.2) is 0 Å². The van der Waals surface area contributed by atoms with E-state index in [0.29, 0.717) is 4.88 Å². The van der Waals surface area contributed by atoms with E-state index >= 15 is 0 Å². The molecule has 0 unspecified atom stereocenters. The van der Waals surface area contributed by atoms with Crippen LogP contribution in [0.5, 0.6) is 0 Å². The highest BCUT2D eigenvalue weighted by Gasteiger charge is 2.30. The quantitative estimate of drug-likeness (QED) is 0.836. The van der Waals surface area contributed by atoms with Gasteiger partial charge in [-0.15, -0.1) is 11.3 Å². The topological polar surface area (TPSA) is 29.1 Å². The molecule has 1 amide bonds. The predicted octanol–water partition coefficient (Wildman–Crippen LogP) is 3.86. The molecule has 0 aliphatic heterocycles. The van der Waals surface area contributed by atoms with Crippen LogP contribution in [0.3, 0.4) is 0 Å². The number of rotatable bonds is 2. The highest BCUT2D eigenvalue weighted by Crippen LogP contribution is 2.29. The average molecular weight is 323 g/mol. The molecule has 1 heterocycles. The van der Waals surface area contributed by atoms with Crippen molar-refractivity contribution in [3.8, 4) is 11.8 Å². The Labute approximate surface area is 130 Å². The summed E-state index contributed by atoms with van der Waals surface area (Å²) in [6, 6.07) is 8.33. The maximum atomic E-state index is 12.5. The number of aryl methyl sites for hydroxylation is 1. The zero-order valence-corrected chi connectivity index (χ0v) is 12.4. The van der Waals surface area contributed by atoms with E-state index in [1.165, 1.54) is 23.5 Å². The third kappa shape index (κ3) is 4.37. The molecule has 1 N–H and O–H groups in total. The number of halogens is 3. The largest absolute Gasteiger partial charge is 0.416 e. The average Bonchev–Trinajstić information content (AvgIpc) is 2.89. The highest BCUT2D eigenvalue weighted by molar-refractivity contribution is 7.13. The number of carbonyl (C=O) groups excluding carboxylic acids is 1. The number of thiophene rings is 1. The van der Waals surface area contributed by atoms with E-state index in [2.05, 4.69) is 17.2 Å². The highest BCUT2D eigenvalue weighted by atomic mass is 32.1. The van der Waals surface area contributed by atoms with Gasteiger partial charge in [-0.3, -0.25) is 4.79 Å². The van der Waals surface area contributed by atoms with Crippen molar-refractivity contribution in [2.24, 2.45) is 0 Å². The molecule has 22 heavy (non-hydrogen) atoms. The first-order valence-corrected chi connectivity index (χ1v) is 7.18. The lowest BCUT2D eigenvalue weighted by Gasteiger charge is -2.05. The Balaban J connectivity index is 1.96. The van der Waals surface area contributed by atoms with E-state index in [0.717, 1.165) is 17.0 Å². The maximum Gasteiger partial charge on any atom is 0.416 e. The Bertz CT molecular complexity index is 738. The van der Waals surface area contributed by atoms with Crippen LogP contribution in [0.25, 0.3) is 0 Å². The second-order valence-electron chi connectivity index (χ2n) is 4.47. The van der Waals surface area contributed by atoms with Gasteiger partial charge in [0.2, 0.25) is 0 Å². The van der Waals surface area contributed by atoms with Gasteiger partial charge in [-0.1, -0.05) is 17.9 Å². The summed E-state index contributed by atoms with van der Waals surface area (Å²) >= 11 is 1.37. The lowest BCUT2D eigenvalue weighted by molar-refractivity contribution is -0.137. The number of nitrogens with one attached hydrogen (secondary N) is 1. The van der Waals surface area contributed by atoms with Crippen LogP contribution >= 0.6 is 11.3 Å². The van der Waals surface area contributed by atoms with Crippen molar-refractivity contribution in [2.45, 2.75) is 13.1 Å². The van der Waals surface area contributed by atoms with Crippen LogP contribution < -0.4 is 5.32 Å². The van der Waals surface area contributed by atoms with Gasteiger partial charge in [0, 0.05) is 10.4 Å². The van der Waals surface area contributed by atoms with Crippen molar-refractivity contribution in [1.29, 1.82) is 0 Å². The number of hydrogen-bond acceptors (Lipinski definition) is 2. The lowest BCUT2D eigenvalue weighted by atomic mass is 10.1. The Morgan fingerprint density at radius 1 is 1.27 bits per heavy atom. The van der Waals surface area contributed by atoms with Gasteiger partial charge in [-0.05, 0) is 37.3 Å². The molecule has 0 spiro atoms. The van der Waals surface area contributed by atoms with Gasteiger partial charge in [0.25, 0.3) is 5.91 Å². The second-order valence-corrected chi connectivity index (χ2v) is 5.76. The van der Waals surface area contributed by atoms with E-state index < -0.39 is 11.7 Å². The molecule has 0 aliphatic rings. The molecular formula is C16H12F3NOS. The zero-order chi connectivity index (χ0) is 16.2. The molecule has 0 aliphatic carbocycles. The first kappa shape index (κ1) is 16.1. The van der Waals surface area contributed by atoms with E-state index in [4.69, 9.17) is 0 Å². The minimum Gasteiger partial charge on any atom is -0.340 e. The molecule has 0 radical (unpaired) electrons. The summed E-state index contributed by atoms with van der Waals surface area (Å²) in [7, 11) is 0. The van der Waals surface area contributed by atoms with Crippen LogP contribution in [-0.2, 0) is 6.18 Å². The summed E-state index contributed by atoms with van der Waals surface area (Å²) in [6.45, 7) is 1.97. The van der Waals surface area contributed by atoms with Crippen LogP contribution in [0.2, 0.25) is 0 Å². The zero-order valence-electron chi connectivity index (χ0n) is 11.6. The van der Waals surface area contributed by atoms with Crippen LogP contribution in [0.4, 0.5) is 13.2 Å². The van der Waals surface area contributed by atoms with E-state index in [1.807, 2.05) is 13.0 Å². The van der Waals surface area contributed by atoms with Crippen molar-refractivity contribution < 1.29 is 18.0 Å². The van der Waals surface area contributed by atoms with Gasteiger partial charge in [-0.2, -0.15) is 13.2 Å². The molecule has 0 atom stereocenters. The molecule has 1 aromatic carbocycles. The van der Waals surface area contributed by atoms with Crippen LogP contribution in [0, 0.1) is 18.8 Å². The molecule has 0 fully saturated rings. The standard InChI is InChI=1S/C16H12F3NOS/c1-11-7-8-14(22-11)15(21)20-9-3-5-12-4-2-6-13(10-12)16(17,18)19/h2,4,6-8,10H,9H2,1H3,(H,20,21). The van der Waals surface area contributed by atoms with E-state index in [1.54, 1.807) is 6.07 Å². The number of carbonyl (C=O) groups is 1. The van der Waals surface area contributed by atoms with Crippen molar-refractivity contribution in [2.75, 3.05) is 6.54 Å². The van der Waals surface area contributed by atoms with Gasteiger partial charge in [0.1, 0.15) is 0 Å². The molecule has 1 aromatic heterocycles. The first-order chi connectivity index (χ1) is 10.4. The third-order valence-corrected chi connectivity index (χ3v) is 3.72. The molecule has 6 heteroatoms. The third-order valence-electron chi connectivity index (χ3n) is 2.72. The Kier molecular flexibility index (Phi) is 4.88. The van der Waals surface area contributed by atoms with Crippen LogP contribution in [0.1, 0.15) is 25.7 Å². The maximum absolute atomic E-state index is 12.5. The first-order valence-electron chi connectivity index (χ1n) is 6.37. The van der Waals surface area contributed by atoms with Gasteiger partial charge in [0.15, 0.2) is 0 Å². The number of hydrogen-bond donors (Lipinski definition) is 1. The smallest absolute Gasteiger partial charge is 0.340 e. The number of amides is 1. The second kappa shape index (κ2) is 6.67. The van der Waals surface area contributed by atoms with Crippen molar-refractivity contribution >= 4 is 17.2 Å². The van der Waals surface area contributed by atoms with Crippen LogP contribution in [-0.4, -0.2) is 12.5 Å². The van der Waals surface area contributed by atoms with Gasteiger partial charge >= 0.3 is 6.18 Å². The molecule has 2 rings (SSSR count). The fraction of sp³-hybridized carbons (Fsp3) is 0.188. The molecule has 114 valence electrons. The summed E-state index contributed by atoms with van der Waals surface area (Å²) in [5.74, 6) is 5.01. The van der Waals surface area contributed by atoms with Gasteiger partial charge < -0.3 is 5.32 Å². The summed E-state index contributed by atoms with van der Waals surface area (Å²) < 4.78 is 37.6. The van der Waals surface area contributed by atoms with E-state index in [-0.39, 0.29) is 18.0 Å². The number of benzene rings is 1. The molecular weight excluding hydrogens is 311 g/mol. The molecule has 2 aromatic rings. The minimum atomic E-state index is -4.39. The fourth-order valence-corrected chi connectivity index (χ4v) is 2.47. The summed E-state index contributed by atoms with van der Waals surface area (Å²) in [5, 5.41) is 2.60. The summed E-state index contributed by atoms with van der Waals surface area (Å²) in [5.41, 5.74) is -0.478. The molecule has 0 saturated heterocycles. The Hall–Kier alpha value is -2.26. The minimum absolute atomic E-state index is 0.0754. The van der Waals surface area contributed by atoms with Crippen molar-refractivity contribution in [3.63, 3.8) is 0 Å². The SMILES string of the molecule is Cc1ccc(C(=O)NCC#Cc2cccc(C(F)(F)F)c2)s1. The molecule has 0 saturated carbocycles. The monoisotopic (exact) mass is 323 g/mol. The number of alkyl halides is 3. The van der Waals surface area contributed by atoms with Crippen molar-refractivity contribution in [1.82, 2.24) is 5.32 Å². The predicted molar refractivity (Wildman–Crippen MR) is 79.7 cm³/mol. The molecule has 0 bridgehead atoms. The van der Waals surface area contributed by atoms with E-state index in [9.17, 15) is 18.0 Å². The van der Waals surface area contributed by atoms with Crippen LogP contribution in [0.15, 0.2) is 36.4 Å². The lowest BCUT2D eigenvalue weighted by Crippen LogP contribution is -2.22. The van der Waals surface area contributed by atoms with Gasteiger partial charge in [0.05, 0.1) is 17.0 Å². The summed E-state index contributed by atoms with van der Waals surface area (Å²) in [6.07, 6.45) is -4.39. The Morgan fingerprint density at radius 2 is 2.05 bits per heavy atom. The van der Waals surface area contributed by atoms with Crippen molar-refractivity contribution in [3.05, 3.63) is 57.3 Å². The molecule has 2 nitrogen and oxygen atoms in total. The normalized spacial score (nSPS) is 10.7. The Morgan fingerprint density at radius 3 is 2.68 bits per heavy atom.